The van der Waals surface area contributed by atoms with Crippen molar-refractivity contribution in [1.29, 1.82) is 0 Å². The van der Waals surface area contributed by atoms with E-state index in [1.54, 1.807) is 0 Å². The number of nitrogens with one attached hydrogen (secondary N) is 1. The summed E-state index contributed by atoms with van der Waals surface area (Å²) in [5, 5.41) is 2.07. The van der Waals surface area contributed by atoms with Crippen LogP contribution in [0.3, 0.4) is 0 Å². The van der Waals surface area contributed by atoms with Crippen LogP contribution in [0, 0.1) is 0 Å². The molecule has 0 amide bonds. The van der Waals surface area contributed by atoms with Gasteiger partial charge in [0.1, 0.15) is 0 Å². The Morgan fingerprint density at radius 3 is 2.23 bits per heavy atom. The molecule has 1 aliphatic heterocycles. The van der Waals surface area contributed by atoms with Gasteiger partial charge in [0.15, 0.2) is 0 Å². The van der Waals surface area contributed by atoms with Crippen LogP contribution in [0.4, 0.5) is 0 Å². The maximum absolute atomic E-state index is 4.25. The number of hydrazine groups is 1. The third-order valence-electron chi connectivity index (χ3n) is 4.70. The summed E-state index contributed by atoms with van der Waals surface area (Å²) >= 11 is 0. The zero-order valence-electron chi connectivity index (χ0n) is 14.8. The fourth-order valence-electron chi connectivity index (χ4n) is 3.45. The summed E-state index contributed by atoms with van der Waals surface area (Å²) in [6.07, 6.45) is 2.85. The Labute approximate surface area is 155 Å². The highest BCUT2D eigenvalue weighted by Crippen LogP contribution is 2.35. The van der Waals surface area contributed by atoms with Crippen LogP contribution in [-0.2, 0) is 6.42 Å². The molecule has 0 atom stereocenters. The van der Waals surface area contributed by atoms with Crippen molar-refractivity contribution in [3.8, 4) is 22.3 Å². The average Bonchev–Trinajstić information content (AvgIpc) is 3.23. The highest BCUT2D eigenvalue weighted by Gasteiger charge is 2.12. The lowest BCUT2D eigenvalue weighted by molar-refractivity contribution is 0.345. The van der Waals surface area contributed by atoms with Crippen molar-refractivity contribution in [2.45, 2.75) is 6.42 Å². The van der Waals surface area contributed by atoms with Crippen molar-refractivity contribution in [3.63, 3.8) is 0 Å². The molecule has 1 aliphatic rings. The molecule has 3 aromatic carbocycles. The predicted molar refractivity (Wildman–Crippen MR) is 109 cm³/mol. The highest BCUT2D eigenvalue weighted by atomic mass is 15.5. The van der Waals surface area contributed by atoms with E-state index < -0.39 is 0 Å². The van der Waals surface area contributed by atoms with E-state index in [2.05, 4.69) is 94.3 Å². The smallest absolute Gasteiger partial charge is 0.0993 e. The fourth-order valence-corrected chi connectivity index (χ4v) is 3.45. The van der Waals surface area contributed by atoms with Gasteiger partial charge in [-0.05, 0) is 34.2 Å². The quantitative estimate of drug-likeness (QED) is 0.719. The second kappa shape index (κ2) is 7.98. The fraction of sp³-hybridized carbons (Fsp3) is 0.174. The summed E-state index contributed by atoms with van der Waals surface area (Å²) in [6, 6.07) is 28.0. The SMILES string of the molecule is C1=NCCN1NCCc1cccc(-c2ccccc2)c1-c1ccccc1. The normalized spacial score (nSPS) is 13.3. The molecular weight excluding hydrogens is 318 g/mol. The zero-order chi connectivity index (χ0) is 17.6. The molecule has 3 aromatic rings. The minimum atomic E-state index is 0.881. The van der Waals surface area contributed by atoms with Gasteiger partial charge in [-0.3, -0.25) is 10.0 Å². The Balaban J connectivity index is 1.67. The van der Waals surface area contributed by atoms with Crippen LogP contribution in [-0.4, -0.2) is 31.0 Å². The summed E-state index contributed by atoms with van der Waals surface area (Å²) in [7, 11) is 0. The van der Waals surface area contributed by atoms with Crippen LogP contribution in [0.2, 0.25) is 0 Å². The molecule has 0 aliphatic carbocycles. The van der Waals surface area contributed by atoms with Gasteiger partial charge >= 0.3 is 0 Å². The minimum absolute atomic E-state index is 0.881. The molecule has 1 N–H and O–H groups in total. The van der Waals surface area contributed by atoms with Crippen molar-refractivity contribution in [1.82, 2.24) is 10.4 Å². The number of nitrogens with zero attached hydrogens (tertiary/aromatic N) is 2. The monoisotopic (exact) mass is 341 g/mol. The van der Waals surface area contributed by atoms with Gasteiger partial charge in [-0.1, -0.05) is 78.9 Å². The highest BCUT2D eigenvalue weighted by molar-refractivity contribution is 5.85. The van der Waals surface area contributed by atoms with Crippen molar-refractivity contribution in [3.05, 3.63) is 84.4 Å². The van der Waals surface area contributed by atoms with Crippen molar-refractivity contribution < 1.29 is 0 Å². The molecule has 0 unspecified atom stereocenters. The van der Waals surface area contributed by atoms with E-state index in [9.17, 15) is 0 Å². The summed E-state index contributed by atoms with van der Waals surface area (Å²) in [5.41, 5.74) is 9.96. The van der Waals surface area contributed by atoms with Crippen molar-refractivity contribution >= 4 is 6.34 Å². The van der Waals surface area contributed by atoms with Crippen LogP contribution >= 0.6 is 0 Å². The van der Waals surface area contributed by atoms with Gasteiger partial charge < -0.3 is 0 Å². The molecule has 0 radical (unpaired) electrons. The maximum Gasteiger partial charge on any atom is 0.0993 e. The molecule has 0 bridgehead atoms. The minimum Gasteiger partial charge on any atom is -0.297 e. The third-order valence-corrected chi connectivity index (χ3v) is 4.70. The van der Waals surface area contributed by atoms with E-state index in [1.807, 2.05) is 6.34 Å². The van der Waals surface area contributed by atoms with Crippen LogP contribution in [0.15, 0.2) is 83.9 Å². The Bertz CT molecular complexity index is 872. The Morgan fingerprint density at radius 1 is 0.808 bits per heavy atom. The van der Waals surface area contributed by atoms with Crippen LogP contribution in [0.5, 0.6) is 0 Å². The van der Waals surface area contributed by atoms with E-state index in [-0.39, 0.29) is 0 Å². The van der Waals surface area contributed by atoms with Crippen molar-refractivity contribution in [2.75, 3.05) is 19.6 Å². The molecular formula is C23H23N3. The summed E-state index contributed by atoms with van der Waals surface area (Å²) in [6.45, 7) is 2.73. The first-order valence-electron chi connectivity index (χ1n) is 9.14. The topological polar surface area (TPSA) is 27.6 Å². The average molecular weight is 341 g/mol. The Kier molecular flexibility index (Phi) is 5.08. The van der Waals surface area contributed by atoms with Gasteiger partial charge in [-0.25, -0.2) is 5.43 Å². The first-order chi connectivity index (χ1) is 12.9. The number of benzene rings is 3. The summed E-state index contributed by atoms with van der Waals surface area (Å²) < 4.78 is 0. The van der Waals surface area contributed by atoms with Gasteiger partial charge in [0, 0.05) is 6.54 Å². The molecule has 130 valence electrons. The molecule has 0 saturated heterocycles. The molecule has 0 saturated carbocycles. The van der Waals surface area contributed by atoms with E-state index in [4.69, 9.17) is 0 Å². The molecule has 4 rings (SSSR count). The van der Waals surface area contributed by atoms with E-state index in [0.29, 0.717) is 0 Å². The molecule has 3 nitrogen and oxygen atoms in total. The van der Waals surface area contributed by atoms with E-state index in [0.717, 1.165) is 26.1 Å². The summed E-state index contributed by atoms with van der Waals surface area (Å²) in [4.78, 5) is 4.25. The van der Waals surface area contributed by atoms with Crippen LogP contribution in [0.25, 0.3) is 22.3 Å². The first-order valence-corrected chi connectivity index (χ1v) is 9.14. The molecule has 26 heavy (non-hydrogen) atoms. The molecule has 3 heteroatoms. The van der Waals surface area contributed by atoms with E-state index in [1.165, 1.54) is 27.8 Å². The van der Waals surface area contributed by atoms with Crippen LogP contribution in [0.1, 0.15) is 5.56 Å². The van der Waals surface area contributed by atoms with Gasteiger partial charge in [0.2, 0.25) is 0 Å². The zero-order valence-corrected chi connectivity index (χ0v) is 14.8. The van der Waals surface area contributed by atoms with E-state index >= 15 is 0 Å². The Morgan fingerprint density at radius 2 is 1.54 bits per heavy atom. The van der Waals surface area contributed by atoms with Crippen LogP contribution < -0.4 is 5.43 Å². The Hall–Kier alpha value is -2.91. The molecule has 1 heterocycles. The molecule has 0 aromatic heterocycles. The second-order valence-corrected chi connectivity index (χ2v) is 6.44. The van der Waals surface area contributed by atoms with Crippen molar-refractivity contribution in [2.24, 2.45) is 4.99 Å². The van der Waals surface area contributed by atoms with Gasteiger partial charge in [-0.2, -0.15) is 0 Å². The molecule has 0 fully saturated rings. The standard InChI is InChI=1S/C23H23N3/c1-3-8-19(9-4-1)22-13-7-12-21(14-15-25-26-17-16-24-18-26)23(22)20-10-5-2-6-11-20/h1-13,18,25H,14-17H2. The molecule has 0 spiro atoms. The first kappa shape index (κ1) is 16.6. The largest absolute Gasteiger partial charge is 0.297 e. The predicted octanol–water partition coefficient (Wildman–Crippen LogP) is 4.41. The summed E-state index contributed by atoms with van der Waals surface area (Å²) in [5.74, 6) is 0. The number of hydrogen-bond acceptors (Lipinski definition) is 3. The lowest BCUT2D eigenvalue weighted by Gasteiger charge is -2.18. The maximum atomic E-state index is 4.25. The number of aliphatic imine (C=N–C) groups is 1. The lowest BCUT2D eigenvalue weighted by atomic mass is 9.89. The third kappa shape index (κ3) is 3.68. The number of rotatable bonds is 6. The van der Waals surface area contributed by atoms with Gasteiger partial charge in [0.25, 0.3) is 0 Å². The van der Waals surface area contributed by atoms with Gasteiger partial charge in [0.05, 0.1) is 19.4 Å². The lowest BCUT2D eigenvalue weighted by Crippen LogP contribution is -2.36. The second-order valence-electron chi connectivity index (χ2n) is 6.44. The van der Waals surface area contributed by atoms with Gasteiger partial charge in [-0.15, -0.1) is 0 Å². The number of hydrogen-bond donors (Lipinski definition) is 1.